The topological polar surface area (TPSA) is 237 Å². The summed E-state index contributed by atoms with van der Waals surface area (Å²) in [7, 11) is -9.94. The zero-order valence-corrected chi connectivity index (χ0v) is 66.2. The molecule has 0 spiro atoms. The van der Waals surface area contributed by atoms with Crippen LogP contribution in [-0.2, 0) is 65.4 Å². The first kappa shape index (κ1) is 97.3. The van der Waals surface area contributed by atoms with Gasteiger partial charge in [-0.15, -0.1) is 0 Å². The Morgan fingerprint density at radius 2 is 0.490 bits per heavy atom. The Kier molecular flexibility index (Phi) is 72.5. The summed E-state index contributed by atoms with van der Waals surface area (Å²) in [5.74, 6) is -2.15. The van der Waals surface area contributed by atoms with Crippen LogP contribution in [0.2, 0.25) is 0 Å². The number of hydrogen-bond donors (Lipinski definition) is 3. The van der Waals surface area contributed by atoms with Crippen molar-refractivity contribution in [3.05, 3.63) is 36.5 Å². The molecule has 0 amide bonds. The average Bonchev–Trinajstić information content (AvgIpc) is 1.01. The van der Waals surface area contributed by atoms with Gasteiger partial charge in [-0.1, -0.05) is 327 Å². The Labute approximate surface area is 611 Å². The molecule has 0 aromatic rings. The number of carbonyl (C=O) groups excluding carboxylic acids is 4. The third kappa shape index (κ3) is 73.6. The smallest absolute Gasteiger partial charge is 0.462 e. The molecule has 0 aliphatic rings. The Morgan fingerprint density at radius 1 is 0.280 bits per heavy atom. The minimum absolute atomic E-state index is 0.101. The van der Waals surface area contributed by atoms with Crippen LogP contribution in [-0.4, -0.2) is 96.7 Å². The SMILES string of the molecule is CCCCC/C=C\C/C=C\CCCCCCCC(=O)OCC(COP(=O)(O)OCC(O)COP(=O)(O)OCC(COC(=O)CCCCCCC/C=C\CCCCCCCC)OC(=O)CCCCCCCCCCCCCCCCC)OC(=O)CCCCCCCCCCCCCCCCC. The monoisotopic (exact) mass is 1460 g/mol. The number of ether oxygens (including phenoxy) is 4. The lowest BCUT2D eigenvalue weighted by Crippen LogP contribution is -2.30. The fraction of sp³-hybridized carbons (Fsp3) is 0.877. The number of aliphatic hydroxyl groups is 1. The molecule has 0 saturated carbocycles. The lowest BCUT2D eigenvalue weighted by atomic mass is 10.0. The molecule has 19 heteroatoms. The van der Waals surface area contributed by atoms with Crippen LogP contribution in [0, 0.1) is 0 Å². The van der Waals surface area contributed by atoms with Gasteiger partial charge >= 0.3 is 39.5 Å². The number of phosphoric ester groups is 2. The van der Waals surface area contributed by atoms with Crippen molar-refractivity contribution in [3.8, 4) is 0 Å². The van der Waals surface area contributed by atoms with Crippen molar-refractivity contribution in [2.75, 3.05) is 39.6 Å². The molecule has 0 aliphatic carbocycles. The van der Waals surface area contributed by atoms with E-state index >= 15 is 0 Å². The third-order valence-electron chi connectivity index (χ3n) is 18.1. The number of aliphatic hydroxyl groups excluding tert-OH is 1. The summed E-state index contributed by atoms with van der Waals surface area (Å²) < 4.78 is 68.7. The highest BCUT2D eigenvalue weighted by atomic mass is 31.2. The molecule has 0 rings (SSSR count). The maximum Gasteiger partial charge on any atom is 0.472 e. The van der Waals surface area contributed by atoms with Crippen LogP contribution >= 0.6 is 15.6 Å². The molecule has 5 atom stereocenters. The second-order valence-corrected chi connectivity index (χ2v) is 31.0. The van der Waals surface area contributed by atoms with E-state index in [1.165, 1.54) is 186 Å². The van der Waals surface area contributed by atoms with Crippen LogP contribution in [0.4, 0.5) is 0 Å². The zero-order chi connectivity index (χ0) is 73.2. The maximum absolute atomic E-state index is 13.1. The normalized spacial score (nSPS) is 14.0. The highest BCUT2D eigenvalue weighted by molar-refractivity contribution is 7.47. The number of hydrogen-bond acceptors (Lipinski definition) is 15. The fourth-order valence-electron chi connectivity index (χ4n) is 11.8. The molecule has 588 valence electrons. The third-order valence-corrected chi connectivity index (χ3v) is 20.0. The summed E-state index contributed by atoms with van der Waals surface area (Å²) in [4.78, 5) is 73.0. The van der Waals surface area contributed by atoms with E-state index in [4.69, 9.17) is 37.0 Å². The molecule has 5 unspecified atom stereocenters. The van der Waals surface area contributed by atoms with Gasteiger partial charge in [-0.2, -0.15) is 0 Å². The highest BCUT2D eigenvalue weighted by Crippen LogP contribution is 2.45. The molecular weight excluding hydrogens is 1310 g/mol. The zero-order valence-electron chi connectivity index (χ0n) is 64.4. The second-order valence-electron chi connectivity index (χ2n) is 28.1. The van der Waals surface area contributed by atoms with Crippen LogP contribution in [0.1, 0.15) is 400 Å². The van der Waals surface area contributed by atoms with Crippen molar-refractivity contribution in [2.45, 2.75) is 418 Å². The second kappa shape index (κ2) is 74.5. The summed E-state index contributed by atoms with van der Waals surface area (Å²) in [6.07, 6.45) is 71.1. The maximum atomic E-state index is 13.1. The van der Waals surface area contributed by atoms with Gasteiger partial charge in [0.1, 0.15) is 19.3 Å². The molecule has 17 nitrogen and oxygen atoms in total. The number of esters is 4. The van der Waals surface area contributed by atoms with Crippen molar-refractivity contribution in [1.82, 2.24) is 0 Å². The quantitative estimate of drug-likeness (QED) is 0.0169. The van der Waals surface area contributed by atoms with Gasteiger partial charge in [-0.3, -0.25) is 37.3 Å². The van der Waals surface area contributed by atoms with E-state index < -0.39 is 97.5 Å². The summed E-state index contributed by atoms with van der Waals surface area (Å²) >= 11 is 0. The molecule has 0 aromatic heterocycles. The van der Waals surface area contributed by atoms with Crippen molar-refractivity contribution >= 4 is 39.5 Å². The van der Waals surface area contributed by atoms with E-state index in [0.717, 1.165) is 135 Å². The predicted octanol–water partition coefficient (Wildman–Crippen LogP) is 23.9. The minimum atomic E-state index is -4.97. The molecule has 100 heavy (non-hydrogen) atoms. The molecular formula is C81H152O17P2. The van der Waals surface area contributed by atoms with Crippen molar-refractivity contribution in [2.24, 2.45) is 0 Å². The van der Waals surface area contributed by atoms with Gasteiger partial charge in [-0.05, 0) is 83.5 Å². The van der Waals surface area contributed by atoms with Crippen LogP contribution < -0.4 is 0 Å². The van der Waals surface area contributed by atoms with Crippen LogP contribution in [0.3, 0.4) is 0 Å². The Bertz CT molecular complexity index is 2040. The first-order valence-corrected chi connectivity index (χ1v) is 44.2. The summed E-state index contributed by atoms with van der Waals surface area (Å²) in [6, 6.07) is 0. The van der Waals surface area contributed by atoms with Gasteiger partial charge in [0.15, 0.2) is 12.2 Å². The van der Waals surface area contributed by atoms with E-state index in [0.29, 0.717) is 25.7 Å². The first-order valence-electron chi connectivity index (χ1n) is 41.2. The standard InChI is InChI=1S/C81H152O17P2/c1-5-9-13-17-21-25-29-33-37-41-45-49-53-57-61-65-78(83)91-71-76(97-80(85)67-63-59-55-51-47-43-39-35-31-27-23-19-15-11-7-3)73-95-99(87,88)93-69-75(82)70-94-100(89,90)96-74-77(98-81(86)68-64-60-56-52-48-44-40-36-32-28-24-20-16-12-8-4)72-92-79(84)66-62-58-54-50-46-42-38-34-30-26-22-18-14-10-6-2/h21,25,33-34,37-38,75-77,82H,5-20,22-24,26-32,35-36,39-74H2,1-4H3,(H,87,88)(H,89,90)/b25-21-,37-33-,38-34-. The molecule has 0 heterocycles. The molecule has 0 aliphatic heterocycles. The van der Waals surface area contributed by atoms with Crippen molar-refractivity contribution < 1.29 is 80.2 Å². The highest BCUT2D eigenvalue weighted by Gasteiger charge is 2.30. The van der Waals surface area contributed by atoms with E-state index in [1.54, 1.807) is 0 Å². The Hall–Kier alpha value is -2.72. The molecule has 0 fully saturated rings. The van der Waals surface area contributed by atoms with Gasteiger partial charge < -0.3 is 33.8 Å². The van der Waals surface area contributed by atoms with Crippen LogP contribution in [0.25, 0.3) is 0 Å². The molecule has 0 aromatic carbocycles. The lowest BCUT2D eigenvalue weighted by Gasteiger charge is -2.21. The Morgan fingerprint density at radius 3 is 0.770 bits per heavy atom. The van der Waals surface area contributed by atoms with E-state index in [1.807, 2.05) is 0 Å². The minimum Gasteiger partial charge on any atom is -0.462 e. The number of carbonyl (C=O) groups is 4. The number of rotatable bonds is 79. The van der Waals surface area contributed by atoms with Gasteiger partial charge in [0.2, 0.25) is 0 Å². The Balaban J connectivity index is 5.32. The lowest BCUT2D eigenvalue weighted by molar-refractivity contribution is -0.161. The molecule has 0 radical (unpaired) electrons. The first-order chi connectivity index (χ1) is 48.7. The van der Waals surface area contributed by atoms with E-state index in [-0.39, 0.29) is 25.7 Å². The summed E-state index contributed by atoms with van der Waals surface area (Å²) in [5, 5.41) is 10.6. The van der Waals surface area contributed by atoms with Gasteiger partial charge in [0, 0.05) is 25.7 Å². The number of phosphoric acid groups is 2. The summed E-state index contributed by atoms with van der Waals surface area (Å²) in [5.41, 5.74) is 0. The van der Waals surface area contributed by atoms with Crippen LogP contribution in [0.5, 0.6) is 0 Å². The van der Waals surface area contributed by atoms with E-state index in [2.05, 4.69) is 64.2 Å². The van der Waals surface area contributed by atoms with Crippen LogP contribution in [0.15, 0.2) is 36.5 Å². The van der Waals surface area contributed by atoms with E-state index in [9.17, 15) is 43.2 Å². The number of unbranched alkanes of at least 4 members (excludes halogenated alkanes) is 47. The van der Waals surface area contributed by atoms with Gasteiger partial charge in [-0.25, -0.2) is 9.13 Å². The van der Waals surface area contributed by atoms with Crippen molar-refractivity contribution in [1.29, 1.82) is 0 Å². The van der Waals surface area contributed by atoms with Crippen molar-refractivity contribution in [3.63, 3.8) is 0 Å². The number of allylic oxidation sites excluding steroid dienone is 6. The summed E-state index contributed by atoms with van der Waals surface area (Å²) in [6.45, 7) is 4.93. The molecule has 0 saturated heterocycles. The fourth-order valence-corrected chi connectivity index (χ4v) is 13.4. The van der Waals surface area contributed by atoms with Gasteiger partial charge in [0.05, 0.1) is 26.4 Å². The van der Waals surface area contributed by atoms with Gasteiger partial charge in [0.25, 0.3) is 0 Å². The average molecular weight is 1460 g/mol. The molecule has 0 bridgehead atoms. The molecule has 3 N–H and O–H groups in total. The predicted molar refractivity (Wildman–Crippen MR) is 409 cm³/mol. The largest absolute Gasteiger partial charge is 0.472 e.